The summed E-state index contributed by atoms with van der Waals surface area (Å²) >= 11 is 1.43. The van der Waals surface area contributed by atoms with Crippen molar-refractivity contribution in [2.45, 2.75) is 0 Å². The number of aliphatic imine (C=N–C) groups is 1. The molecule has 0 radical (unpaired) electrons. The van der Waals surface area contributed by atoms with Crippen molar-refractivity contribution in [1.29, 1.82) is 0 Å². The van der Waals surface area contributed by atoms with Crippen LogP contribution in [0.5, 0.6) is 0 Å². The molecule has 40 valence electrons. The van der Waals surface area contributed by atoms with Gasteiger partial charge in [-0.3, -0.25) is 4.99 Å². The molecular weight excluding hydrogens is 108 g/mol. The Morgan fingerprint density at radius 2 is 3.00 bits per heavy atom. The van der Waals surface area contributed by atoms with Gasteiger partial charge in [0.15, 0.2) is 5.17 Å². The van der Waals surface area contributed by atoms with Crippen LogP contribution in [-0.2, 0) is 0 Å². The Kier molecular flexibility index (Phi) is 0.938. The van der Waals surface area contributed by atoms with E-state index < -0.39 is 6.50 Å². The first kappa shape index (κ1) is 2.97. The molecule has 1 heterocycles. The van der Waals surface area contributed by atoms with Gasteiger partial charge in [-0.2, -0.15) is 0 Å². The van der Waals surface area contributed by atoms with Crippen LogP contribution < -0.4 is 5.32 Å². The van der Waals surface area contributed by atoms with Gasteiger partial charge >= 0.3 is 0 Å². The van der Waals surface area contributed by atoms with Crippen molar-refractivity contribution in [1.82, 2.24) is 5.32 Å². The van der Waals surface area contributed by atoms with Crippen LogP contribution in [0.1, 0.15) is 2.74 Å². The molecule has 1 rings (SSSR count). The molecule has 2 nitrogen and oxygen atoms in total. The molecule has 1 aliphatic rings. The second-order valence-electron chi connectivity index (χ2n) is 1.13. The van der Waals surface area contributed by atoms with E-state index in [1.807, 2.05) is 6.26 Å². The Hall–Kier alpha value is -0.180. The van der Waals surface area contributed by atoms with Gasteiger partial charge in [0, 0.05) is 6.54 Å². The molecule has 0 spiro atoms. The maximum absolute atomic E-state index is 7.12. The number of rotatable bonds is 0. The van der Waals surface area contributed by atoms with E-state index in [0.29, 0.717) is 11.7 Å². The lowest BCUT2D eigenvalue weighted by Crippen LogP contribution is -2.14. The molecule has 0 amide bonds. The molecule has 0 aromatic heterocycles. The van der Waals surface area contributed by atoms with Gasteiger partial charge in [0.1, 0.15) is 0 Å². The molecule has 1 aliphatic heterocycles. The topological polar surface area (TPSA) is 24.4 Å². The van der Waals surface area contributed by atoms with Crippen LogP contribution in [0.2, 0.25) is 0 Å². The Morgan fingerprint density at radius 3 is 3.29 bits per heavy atom. The van der Waals surface area contributed by atoms with Crippen LogP contribution in [0, 0.1) is 0 Å². The monoisotopic (exact) mass is 118 g/mol. The van der Waals surface area contributed by atoms with E-state index in [4.69, 9.17) is 2.74 Å². The molecule has 7 heavy (non-hydrogen) atoms. The van der Waals surface area contributed by atoms with E-state index in [1.165, 1.54) is 11.8 Å². The molecule has 0 aliphatic carbocycles. The van der Waals surface area contributed by atoms with Crippen molar-refractivity contribution in [3.8, 4) is 0 Å². The second kappa shape index (κ2) is 2.21. The van der Waals surface area contributed by atoms with Gasteiger partial charge in [-0.05, 0) is 6.26 Å². The lowest BCUT2D eigenvalue weighted by molar-refractivity contribution is 0.963. The summed E-state index contributed by atoms with van der Waals surface area (Å²) in [6, 6.07) is 0. The normalized spacial score (nSPS) is 30.1. The highest BCUT2D eigenvalue weighted by Crippen LogP contribution is 1.97. The van der Waals surface area contributed by atoms with Crippen molar-refractivity contribution in [3.05, 3.63) is 0 Å². The Bertz CT molecular complexity index is 146. The number of thioether (sulfide) groups is 1. The van der Waals surface area contributed by atoms with E-state index in [9.17, 15) is 0 Å². The van der Waals surface area contributed by atoms with E-state index in [2.05, 4.69) is 10.3 Å². The molecule has 0 saturated heterocycles. The van der Waals surface area contributed by atoms with Crippen molar-refractivity contribution >= 4 is 16.9 Å². The van der Waals surface area contributed by atoms with Gasteiger partial charge in [0.25, 0.3) is 0 Å². The zero-order valence-corrected chi connectivity index (χ0v) is 4.88. The molecule has 3 heteroatoms. The third-order valence-electron chi connectivity index (χ3n) is 0.693. The Balaban J connectivity index is 2.61. The average Bonchev–Trinajstić information content (AvgIpc) is 2.10. The van der Waals surface area contributed by atoms with Crippen LogP contribution in [0.3, 0.4) is 0 Å². The summed E-state index contributed by atoms with van der Waals surface area (Å²) in [5.41, 5.74) is 0. The summed E-state index contributed by atoms with van der Waals surface area (Å²) in [6.07, 6.45) is 1.87. The van der Waals surface area contributed by atoms with E-state index in [1.54, 1.807) is 0 Å². The molecule has 0 unspecified atom stereocenters. The standard InChI is InChI=1S/C4H8N2S/c1-7-4-5-2-3-6-4/h2-3H2,1H3,(H,5,6)/i2D2. The predicted molar refractivity (Wildman–Crippen MR) is 33.8 cm³/mol. The van der Waals surface area contributed by atoms with E-state index in [-0.39, 0.29) is 0 Å². The minimum absolute atomic E-state index is 0.309. The van der Waals surface area contributed by atoms with Crippen molar-refractivity contribution < 1.29 is 2.74 Å². The highest BCUT2D eigenvalue weighted by atomic mass is 32.2. The summed E-state index contributed by atoms with van der Waals surface area (Å²) in [5, 5.41) is 3.53. The van der Waals surface area contributed by atoms with Crippen molar-refractivity contribution in [2.75, 3.05) is 19.3 Å². The number of hydrogen-bond donors (Lipinski definition) is 1. The van der Waals surface area contributed by atoms with Gasteiger partial charge < -0.3 is 5.32 Å². The lowest BCUT2D eigenvalue weighted by atomic mass is 10.7. The summed E-state index contributed by atoms with van der Waals surface area (Å²) in [5.74, 6) is 0. The van der Waals surface area contributed by atoms with Crippen molar-refractivity contribution in [2.24, 2.45) is 4.99 Å². The zero-order chi connectivity index (χ0) is 6.91. The second-order valence-corrected chi connectivity index (χ2v) is 1.93. The van der Waals surface area contributed by atoms with E-state index in [0.717, 1.165) is 0 Å². The van der Waals surface area contributed by atoms with Crippen LogP contribution in [0.15, 0.2) is 4.99 Å². The largest absolute Gasteiger partial charge is 0.363 e. The summed E-state index contributed by atoms with van der Waals surface area (Å²) < 4.78 is 14.2. The Morgan fingerprint density at radius 1 is 2.14 bits per heavy atom. The molecule has 0 aromatic carbocycles. The fraction of sp³-hybridized carbons (Fsp3) is 0.750. The van der Waals surface area contributed by atoms with Crippen LogP contribution in [-0.4, -0.2) is 24.5 Å². The summed E-state index contributed by atoms with van der Waals surface area (Å²) in [6.45, 7) is -1.07. The first-order valence-corrected chi connectivity index (χ1v) is 3.24. The molecule has 0 aromatic rings. The fourth-order valence-corrected chi connectivity index (χ4v) is 0.756. The summed E-state index contributed by atoms with van der Waals surface area (Å²) in [4.78, 5) is 3.74. The minimum atomic E-state index is -1.38. The van der Waals surface area contributed by atoms with Gasteiger partial charge in [-0.1, -0.05) is 11.8 Å². The molecular formula is C4H8N2S. The third kappa shape index (κ3) is 1.09. The molecule has 0 saturated carbocycles. The highest BCUT2D eigenvalue weighted by molar-refractivity contribution is 8.13. The Labute approximate surface area is 50.2 Å². The molecule has 0 fully saturated rings. The van der Waals surface area contributed by atoms with E-state index >= 15 is 0 Å². The quantitative estimate of drug-likeness (QED) is 0.495. The van der Waals surface area contributed by atoms with Gasteiger partial charge in [-0.25, -0.2) is 0 Å². The number of nitrogens with one attached hydrogen (secondary N) is 1. The maximum atomic E-state index is 7.12. The van der Waals surface area contributed by atoms with Crippen LogP contribution >= 0.6 is 11.8 Å². The average molecular weight is 118 g/mol. The highest BCUT2D eigenvalue weighted by Gasteiger charge is 1.99. The minimum Gasteiger partial charge on any atom is -0.363 e. The van der Waals surface area contributed by atoms with Crippen LogP contribution in [0.4, 0.5) is 0 Å². The predicted octanol–water partition coefficient (Wildman–Crippen LogP) is 0.309. The first-order valence-electron chi connectivity index (χ1n) is 3.02. The molecule has 0 bridgehead atoms. The number of hydrogen-bond acceptors (Lipinski definition) is 3. The number of amidine groups is 1. The third-order valence-corrected chi connectivity index (χ3v) is 1.31. The maximum Gasteiger partial charge on any atom is 0.156 e. The van der Waals surface area contributed by atoms with Gasteiger partial charge in [-0.15, -0.1) is 0 Å². The smallest absolute Gasteiger partial charge is 0.156 e. The van der Waals surface area contributed by atoms with Crippen LogP contribution in [0.25, 0.3) is 0 Å². The lowest BCUT2D eigenvalue weighted by Gasteiger charge is -1.91. The van der Waals surface area contributed by atoms with Crippen molar-refractivity contribution in [3.63, 3.8) is 0 Å². The SMILES string of the molecule is [2H]C1([2H])CNC(SC)=N1. The number of nitrogens with zero attached hydrogens (tertiary/aromatic N) is 1. The fourth-order valence-electron chi connectivity index (χ4n) is 0.384. The van der Waals surface area contributed by atoms with Gasteiger partial charge in [0.2, 0.25) is 0 Å². The van der Waals surface area contributed by atoms with Gasteiger partial charge in [0.05, 0.1) is 9.24 Å². The zero-order valence-electron chi connectivity index (χ0n) is 6.06. The molecule has 0 atom stereocenters. The molecule has 1 N–H and O–H groups in total. The first-order chi connectivity index (χ1) is 4.14. The summed E-state index contributed by atoms with van der Waals surface area (Å²) in [7, 11) is 0.